The van der Waals surface area contributed by atoms with Crippen molar-refractivity contribution in [1.29, 1.82) is 0 Å². The van der Waals surface area contributed by atoms with E-state index in [2.05, 4.69) is 14.7 Å². The predicted molar refractivity (Wildman–Crippen MR) is 107 cm³/mol. The molecule has 2 heterocycles. The van der Waals surface area contributed by atoms with Crippen molar-refractivity contribution in [1.82, 2.24) is 9.36 Å². The van der Waals surface area contributed by atoms with Gasteiger partial charge in [-0.05, 0) is 29.8 Å². The van der Waals surface area contributed by atoms with Gasteiger partial charge in [-0.15, -0.1) is 0 Å². The number of ether oxygens (including phenoxy) is 2. The molecule has 3 aromatic rings. The molecule has 0 fully saturated rings. The summed E-state index contributed by atoms with van der Waals surface area (Å²) in [5.74, 6) is 1.22. The van der Waals surface area contributed by atoms with E-state index in [1.54, 1.807) is 37.4 Å². The van der Waals surface area contributed by atoms with E-state index < -0.39 is 10.0 Å². The fraction of sp³-hybridized carbons (Fsp3) is 0.222. The number of rotatable bonds is 6. The number of anilines is 2. The third kappa shape index (κ3) is 3.60. The number of nitrogens with one attached hydrogen (secondary N) is 1. The summed E-state index contributed by atoms with van der Waals surface area (Å²) in [5.41, 5.74) is 1.58. The van der Waals surface area contributed by atoms with Crippen molar-refractivity contribution in [3.63, 3.8) is 0 Å². The van der Waals surface area contributed by atoms with Crippen molar-refractivity contribution in [3.8, 4) is 11.5 Å². The SMILES string of the molecule is COc1ccc(CN(c2ncns2)S(=O)(=O)c2ccc3c(c2)OCCN3)cc1. The molecule has 1 aromatic heterocycles. The van der Waals surface area contributed by atoms with E-state index in [1.165, 1.54) is 10.6 Å². The molecule has 0 unspecified atom stereocenters. The lowest BCUT2D eigenvalue weighted by Crippen LogP contribution is -2.30. The monoisotopic (exact) mass is 418 g/mol. The molecular formula is C18H18N4O4S2. The van der Waals surface area contributed by atoms with Crippen LogP contribution in [0.2, 0.25) is 0 Å². The highest BCUT2D eigenvalue weighted by atomic mass is 32.2. The van der Waals surface area contributed by atoms with Gasteiger partial charge in [0.2, 0.25) is 5.13 Å². The average Bonchev–Trinajstić information content (AvgIpc) is 3.26. The molecule has 1 N–H and O–H groups in total. The molecule has 0 atom stereocenters. The molecular weight excluding hydrogens is 400 g/mol. The Morgan fingerprint density at radius 2 is 2.07 bits per heavy atom. The molecule has 0 spiro atoms. The van der Waals surface area contributed by atoms with Gasteiger partial charge in [-0.1, -0.05) is 12.1 Å². The zero-order chi connectivity index (χ0) is 19.6. The van der Waals surface area contributed by atoms with Crippen LogP contribution < -0.4 is 19.1 Å². The Labute approximate surface area is 167 Å². The zero-order valence-electron chi connectivity index (χ0n) is 15.0. The third-order valence-corrected chi connectivity index (χ3v) is 6.80. The number of aromatic nitrogens is 2. The van der Waals surface area contributed by atoms with Gasteiger partial charge < -0.3 is 14.8 Å². The fourth-order valence-electron chi connectivity index (χ4n) is 2.83. The van der Waals surface area contributed by atoms with Crippen LogP contribution in [0.1, 0.15) is 5.56 Å². The minimum absolute atomic E-state index is 0.123. The second-order valence-corrected chi connectivity index (χ2v) is 8.64. The van der Waals surface area contributed by atoms with Gasteiger partial charge in [0.05, 0.1) is 24.2 Å². The van der Waals surface area contributed by atoms with Gasteiger partial charge in [0.25, 0.3) is 10.0 Å². The molecule has 1 aliphatic rings. The van der Waals surface area contributed by atoms with Crippen molar-refractivity contribution in [2.24, 2.45) is 0 Å². The van der Waals surface area contributed by atoms with Crippen LogP contribution in [0.5, 0.6) is 11.5 Å². The van der Waals surface area contributed by atoms with Crippen LogP contribution in [0.4, 0.5) is 10.8 Å². The van der Waals surface area contributed by atoms with E-state index in [4.69, 9.17) is 9.47 Å². The number of sulfonamides is 1. The molecule has 0 aliphatic carbocycles. The van der Waals surface area contributed by atoms with Gasteiger partial charge >= 0.3 is 0 Å². The second-order valence-electron chi connectivity index (χ2n) is 6.02. The number of methoxy groups -OCH3 is 1. The summed E-state index contributed by atoms with van der Waals surface area (Å²) in [4.78, 5) is 4.25. The van der Waals surface area contributed by atoms with Gasteiger partial charge in [0.15, 0.2) is 0 Å². The Kier molecular flexibility index (Phi) is 5.05. The van der Waals surface area contributed by atoms with Crippen LogP contribution >= 0.6 is 11.5 Å². The molecule has 0 radical (unpaired) electrons. The summed E-state index contributed by atoms with van der Waals surface area (Å²) in [6.07, 6.45) is 1.34. The largest absolute Gasteiger partial charge is 0.497 e. The maximum Gasteiger partial charge on any atom is 0.266 e. The molecule has 0 amide bonds. The van der Waals surface area contributed by atoms with Crippen LogP contribution in [-0.4, -0.2) is 38.0 Å². The van der Waals surface area contributed by atoms with Crippen molar-refractivity contribution >= 4 is 32.4 Å². The van der Waals surface area contributed by atoms with Crippen LogP contribution in [0.3, 0.4) is 0 Å². The lowest BCUT2D eigenvalue weighted by Gasteiger charge is -2.24. The Morgan fingerprint density at radius 3 is 2.79 bits per heavy atom. The summed E-state index contributed by atoms with van der Waals surface area (Å²) in [6.45, 7) is 1.30. The number of fused-ring (bicyclic) bond motifs is 1. The highest BCUT2D eigenvalue weighted by Gasteiger charge is 2.29. The Hall–Kier alpha value is -2.85. The first-order valence-corrected chi connectivity index (χ1v) is 10.7. The van der Waals surface area contributed by atoms with E-state index in [0.717, 1.165) is 22.8 Å². The molecule has 0 bridgehead atoms. The normalized spacial score (nSPS) is 13.2. The van der Waals surface area contributed by atoms with E-state index in [1.807, 2.05) is 12.1 Å². The quantitative estimate of drug-likeness (QED) is 0.658. The molecule has 146 valence electrons. The first kappa shape index (κ1) is 18.5. The Bertz CT molecular complexity index is 1050. The summed E-state index contributed by atoms with van der Waals surface area (Å²) >= 11 is 1.03. The van der Waals surface area contributed by atoms with Crippen molar-refractivity contribution < 1.29 is 17.9 Å². The topological polar surface area (TPSA) is 93.7 Å². The first-order valence-electron chi connectivity index (χ1n) is 8.51. The molecule has 10 heteroatoms. The zero-order valence-corrected chi connectivity index (χ0v) is 16.7. The number of hydrogen-bond donors (Lipinski definition) is 1. The van der Waals surface area contributed by atoms with E-state index in [0.29, 0.717) is 29.8 Å². The molecule has 4 rings (SSSR count). The van der Waals surface area contributed by atoms with Gasteiger partial charge in [0.1, 0.15) is 24.4 Å². The summed E-state index contributed by atoms with van der Waals surface area (Å²) < 4.78 is 42.8. The van der Waals surface area contributed by atoms with Gasteiger partial charge in [-0.2, -0.15) is 4.37 Å². The molecule has 8 nitrogen and oxygen atoms in total. The smallest absolute Gasteiger partial charge is 0.266 e. The Balaban J connectivity index is 1.71. The highest BCUT2D eigenvalue weighted by Crippen LogP contribution is 2.33. The van der Waals surface area contributed by atoms with Crippen LogP contribution in [0, 0.1) is 0 Å². The highest BCUT2D eigenvalue weighted by molar-refractivity contribution is 7.93. The number of hydrogen-bond acceptors (Lipinski definition) is 8. The standard InChI is InChI=1S/C18H18N4O4S2/c1-25-14-4-2-13(3-5-14)11-22(18-20-12-21-27-18)28(23,24)15-6-7-16-17(10-15)26-9-8-19-16/h2-7,10,12,19H,8-9,11H2,1H3. The van der Waals surface area contributed by atoms with Crippen molar-refractivity contribution in [3.05, 3.63) is 54.4 Å². The predicted octanol–water partition coefficient (Wildman–Crippen LogP) is 2.75. The van der Waals surface area contributed by atoms with E-state index in [-0.39, 0.29) is 11.4 Å². The maximum absolute atomic E-state index is 13.4. The summed E-state index contributed by atoms with van der Waals surface area (Å²) in [6, 6.07) is 12.0. The second kappa shape index (κ2) is 7.64. The molecule has 28 heavy (non-hydrogen) atoms. The maximum atomic E-state index is 13.4. The van der Waals surface area contributed by atoms with Crippen LogP contribution in [-0.2, 0) is 16.6 Å². The molecule has 0 saturated heterocycles. The lowest BCUT2D eigenvalue weighted by molar-refractivity contribution is 0.322. The lowest BCUT2D eigenvalue weighted by atomic mass is 10.2. The molecule has 1 aliphatic heterocycles. The number of nitrogens with zero attached hydrogens (tertiary/aromatic N) is 3. The molecule has 2 aromatic carbocycles. The van der Waals surface area contributed by atoms with Gasteiger partial charge in [-0.3, -0.25) is 0 Å². The number of benzene rings is 2. The van der Waals surface area contributed by atoms with Crippen LogP contribution in [0.25, 0.3) is 0 Å². The van der Waals surface area contributed by atoms with E-state index >= 15 is 0 Å². The minimum Gasteiger partial charge on any atom is -0.497 e. The summed E-state index contributed by atoms with van der Waals surface area (Å²) in [5, 5.41) is 3.48. The minimum atomic E-state index is -3.87. The van der Waals surface area contributed by atoms with Gasteiger partial charge in [-0.25, -0.2) is 17.7 Å². The summed E-state index contributed by atoms with van der Waals surface area (Å²) in [7, 11) is -2.29. The van der Waals surface area contributed by atoms with Crippen molar-refractivity contribution in [2.45, 2.75) is 11.4 Å². The Morgan fingerprint density at radius 1 is 1.25 bits per heavy atom. The van der Waals surface area contributed by atoms with Crippen molar-refractivity contribution in [2.75, 3.05) is 29.9 Å². The first-order chi connectivity index (χ1) is 13.6. The van der Waals surface area contributed by atoms with Gasteiger partial charge in [0, 0.05) is 24.1 Å². The van der Waals surface area contributed by atoms with Crippen LogP contribution in [0.15, 0.2) is 53.7 Å². The third-order valence-electron chi connectivity index (χ3n) is 4.26. The fourth-order valence-corrected chi connectivity index (χ4v) is 4.99. The average molecular weight is 419 g/mol. The van der Waals surface area contributed by atoms with E-state index in [9.17, 15) is 8.42 Å². The molecule has 0 saturated carbocycles.